The first-order valence-corrected chi connectivity index (χ1v) is 12.3. The first kappa shape index (κ1) is 24.8. The molecule has 1 aliphatic heterocycles. The number of hydrogen-bond donors (Lipinski definition) is 2. The lowest BCUT2D eigenvalue weighted by Gasteiger charge is -2.46. The second-order valence-electron chi connectivity index (χ2n) is 10.7. The Hall–Kier alpha value is -1.82. The number of carbonyl (C=O) groups excluding carboxylic acids is 2. The Bertz CT molecular complexity index is 804. The van der Waals surface area contributed by atoms with Gasteiger partial charge in [-0.1, -0.05) is 45.9 Å². The number of amides is 2. The Morgan fingerprint density at radius 2 is 1.88 bits per heavy atom. The molecule has 0 aromatic heterocycles. The van der Waals surface area contributed by atoms with Gasteiger partial charge in [-0.05, 0) is 54.9 Å². The zero-order valence-corrected chi connectivity index (χ0v) is 20.4. The number of hydrogen-bond acceptors (Lipinski definition) is 3. The maximum atomic E-state index is 13.4. The monoisotopic (exact) mass is 464 g/mol. The van der Waals surface area contributed by atoms with E-state index in [2.05, 4.69) is 31.3 Å². The summed E-state index contributed by atoms with van der Waals surface area (Å²) in [7, 11) is 0. The summed E-state index contributed by atoms with van der Waals surface area (Å²) in [4.78, 5) is 39.4. The molecule has 3 rings (SSSR count). The maximum Gasteiger partial charge on any atom is 0.306 e. The second-order valence-corrected chi connectivity index (χ2v) is 11.2. The summed E-state index contributed by atoms with van der Waals surface area (Å²) in [6, 6.07) is -0.593. The first-order valence-electron chi connectivity index (χ1n) is 11.8. The van der Waals surface area contributed by atoms with E-state index in [1.807, 2.05) is 24.8 Å². The molecule has 1 saturated heterocycles. The van der Waals surface area contributed by atoms with Gasteiger partial charge < -0.3 is 15.3 Å². The Morgan fingerprint density at radius 3 is 2.41 bits per heavy atom. The normalized spacial score (nSPS) is 30.7. The van der Waals surface area contributed by atoms with Crippen molar-refractivity contribution in [3.05, 3.63) is 23.8 Å². The molecule has 7 heteroatoms. The lowest BCUT2D eigenvalue weighted by atomic mass is 9.69. The number of likely N-dealkylation sites (tertiary alicyclic amines) is 1. The number of alkyl halides is 1. The van der Waals surface area contributed by atoms with Crippen molar-refractivity contribution >= 4 is 29.4 Å². The van der Waals surface area contributed by atoms with E-state index < -0.39 is 17.9 Å². The first-order chi connectivity index (χ1) is 15.0. The molecule has 32 heavy (non-hydrogen) atoms. The van der Waals surface area contributed by atoms with Gasteiger partial charge in [0.2, 0.25) is 11.8 Å². The summed E-state index contributed by atoms with van der Waals surface area (Å²) < 4.78 is 0. The van der Waals surface area contributed by atoms with Crippen LogP contribution in [0.1, 0.15) is 59.8 Å². The predicted octanol–water partition coefficient (Wildman–Crippen LogP) is 4.00. The van der Waals surface area contributed by atoms with Crippen LogP contribution in [-0.4, -0.2) is 52.3 Å². The van der Waals surface area contributed by atoms with Crippen molar-refractivity contribution in [3.8, 4) is 0 Å². The smallest absolute Gasteiger partial charge is 0.306 e. The van der Waals surface area contributed by atoms with E-state index >= 15 is 0 Å². The highest BCUT2D eigenvalue weighted by Gasteiger charge is 2.42. The van der Waals surface area contributed by atoms with Crippen LogP contribution < -0.4 is 5.32 Å². The number of halogens is 1. The van der Waals surface area contributed by atoms with Crippen molar-refractivity contribution in [2.24, 2.45) is 29.1 Å². The van der Waals surface area contributed by atoms with Gasteiger partial charge in [0.25, 0.3) is 0 Å². The fourth-order valence-corrected chi connectivity index (χ4v) is 5.62. The third-order valence-electron chi connectivity index (χ3n) is 7.40. The molecule has 2 N–H and O–H groups in total. The third kappa shape index (κ3) is 5.56. The van der Waals surface area contributed by atoms with Gasteiger partial charge in [0, 0.05) is 19.0 Å². The van der Waals surface area contributed by atoms with Crippen LogP contribution in [0.15, 0.2) is 23.8 Å². The minimum absolute atomic E-state index is 0.0401. The van der Waals surface area contributed by atoms with Crippen molar-refractivity contribution in [1.82, 2.24) is 10.2 Å². The molecular formula is C25H37ClN2O4. The standard InChI is InChI=1S/C25H37ClN2O4/c1-15(2)21(27-22(29)17-5-6-18(13-17)24(31)32)23(30)28-12-11-20(25(3,4)14-28)16-7-9-19(26)10-8-16/h7-9,15,17-21H,5-6,10-14H2,1-4H3,(H,27,29)(H,31,32)/t17?,18?,19?,20?,21-/m1/s1. The molecule has 2 amide bonds. The molecule has 1 heterocycles. The number of nitrogens with zero attached hydrogens (tertiary/aromatic N) is 1. The molecule has 1 saturated carbocycles. The van der Waals surface area contributed by atoms with Gasteiger partial charge in [-0.3, -0.25) is 14.4 Å². The molecular weight excluding hydrogens is 428 g/mol. The summed E-state index contributed by atoms with van der Waals surface area (Å²) in [5.41, 5.74) is 1.22. The molecule has 0 bridgehead atoms. The largest absolute Gasteiger partial charge is 0.481 e. The van der Waals surface area contributed by atoms with E-state index in [4.69, 9.17) is 11.6 Å². The van der Waals surface area contributed by atoms with E-state index in [1.54, 1.807) is 0 Å². The van der Waals surface area contributed by atoms with Crippen molar-refractivity contribution in [2.75, 3.05) is 13.1 Å². The zero-order valence-electron chi connectivity index (χ0n) is 19.6. The Kier molecular flexibility index (Phi) is 7.74. The molecule has 2 aliphatic carbocycles. The van der Waals surface area contributed by atoms with E-state index in [1.165, 1.54) is 5.57 Å². The van der Waals surface area contributed by atoms with Crippen molar-refractivity contribution < 1.29 is 19.5 Å². The minimum atomic E-state index is -0.841. The third-order valence-corrected chi connectivity index (χ3v) is 7.73. The second kappa shape index (κ2) is 9.98. The number of nitrogens with one attached hydrogen (secondary N) is 1. The van der Waals surface area contributed by atoms with Crippen molar-refractivity contribution in [2.45, 2.75) is 71.2 Å². The van der Waals surface area contributed by atoms with E-state index in [-0.39, 0.29) is 34.4 Å². The number of carbonyl (C=O) groups is 3. The Morgan fingerprint density at radius 1 is 1.19 bits per heavy atom. The van der Waals surface area contributed by atoms with Crippen LogP contribution >= 0.6 is 11.6 Å². The van der Waals surface area contributed by atoms with Crippen LogP contribution in [0.2, 0.25) is 0 Å². The summed E-state index contributed by atoms with van der Waals surface area (Å²) >= 11 is 6.19. The number of carboxylic acid groups (broad SMARTS) is 1. The lowest BCUT2D eigenvalue weighted by Crippen LogP contribution is -2.57. The minimum Gasteiger partial charge on any atom is -0.481 e. The molecule has 4 unspecified atom stereocenters. The van der Waals surface area contributed by atoms with Gasteiger partial charge in [-0.25, -0.2) is 0 Å². The van der Waals surface area contributed by atoms with Gasteiger partial charge in [-0.2, -0.15) is 0 Å². The summed E-state index contributed by atoms with van der Waals surface area (Å²) in [5.74, 6) is -1.55. The van der Waals surface area contributed by atoms with Gasteiger partial charge in [0.05, 0.1) is 11.3 Å². The van der Waals surface area contributed by atoms with Crippen LogP contribution in [0, 0.1) is 29.1 Å². The highest BCUT2D eigenvalue weighted by atomic mass is 35.5. The van der Waals surface area contributed by atoms with Crippen LogP contribution in [0.25, 0.3) is 0 Å². The molecule has 178 valence electrons. The molecule has 6 nitrogen and oxygen atoms in total. The topological polar surface area (TPSA) is 86.7 Å². The molecule has 5 atom stereocenters. The zero-order chi connectivity index (χ0) is 23.6. The van der Waals surface area contributed by atoms with E-state index in [0.717, 1.165) is 12.8 Å². The van der Waals surface area contributed by atoms with Gasteiger partial charge >= 0.3 is 5.97 Å². The molecule has 0 aromatic carbocycles. The molecule has 0 radical (unpaired) electrons. The Labute approximate surface area is 196 Å². The molecule has 3 aliphatic rings. The number of rotatable bonds is 6. The average molecular weight is 465 g/mol. The fraction of sp³-hybridized carbons (Fsp3) is 0.720. The Balaban J connectivity index is 1.64. The number of piperidine rings is 1. The fourth-order valence-electron chi connectivity index (χ4n) is 5.46. The van der Waals surface area contributed by atoms with Crippen molar-refractivity contribution in [3.63, 3.8) is 0 Å². The number of aliphatic carboxylic acids is 1. The summed E-state index contributed by atoms with van der Waals surface area (Å²) in [5, 5.41) is 12.2. The van der Waals surface area contributed by atoms with E-state index in [0.29, 0.717) is 38.3 Å². The summed E-state index contributed by atoms with van der Waals surface area (Å²) in [6.45, 7) is 9.57. The molecule has 0 aromatic rings. The predicted molar refractivity (Wildman–Crippen MR) is 125 cm³/mol. The summed E-state index contributed by atoms with van der Waals surface area (Å²) in [6.07, 6.45) is 9.56. The van der Waals surface area contributed by atoms with Crippen LogP contribution in [0.4, 0.5) is 0 Å². The SMILES string of the molecule is CC(C)[C@@H](NC(=O)C1CCC(C(=O)O)C1)C(=O)N1CCC(C2=CCC(Cl)C=C2)C(C)(C)C1. The van der Waals surface area contributed by atoms with Crippen LogP contribution in [0.5, 0.6) is 0 Å². The van der Waals surface area contributed by atoms with Gasteiger partial charge in [-0.15, -0.1) is 11.6 Å². The van der Waals surface area contributed by atoms with Crippen LogP contribution in [-0.2, 0) is 14.4 Å². The van der Waals surface area contributed by atoms with Crippen LogP contribution in [0.3, 0.4) is 0 Å². The van der Waals surface area contributed by atoms with Gasteiger partial charge in [0.15, 0.2) is 0 Å². The number of carboxylic acids is 1. The highest BCUT2D eigenvalue weighted by molar-refractivity contribution is 6.22. The maximum absolute atomic E-state index is 13.4. The molecule has 2 fully saturated rings. The quantitative estimate of drug-likeness (QED) is 0.582. The highest BCUT2D eigenvalue weighted by Crippen LogP contribution is 2.41. The molecule has 0 spiro atoms. The lowest BCUT2D eigenvalue weighted by molar-refractivity contribution is -0.143. The number of allylic oxidation sites excluding steroid dienone is 4. The van der Waals surface area contributed by atoms with Crippen molar-refractivity contribution in [1.29, 1.82) is 0 Å². The van der Waals surface area contributed by atoms with Gasteiger partial charge in [0.1, 0.15) is 6.04 Å². The van der Waals surface area contributed by atoms with E-state index in [9.17, 15) is 19.5 Å². The average Bonchev–Trinajstić information content (AvgIpc) is 3.22.